The Balaban J connectivity index is 2.43. The monoisotopic (exact) mass is 311 g/mol. The molecule has 0 radical (unpaired) electrons. The Bertz CT molecular complexity index is 365. The molecule has 18 heavy (non-hydrogen) atoms. The lowest BCUT2D eigenvalue weighted by Gasteiger charge is -2.07. The van der Waals surface area contributed by atoms with E-state index < -0.39 is 0 Å². The van der Waals surface area contributed by atoms with E-state index in [9.17, 15) is 4.79 Å². The minimum atomic E-state index is 0.126. The average molecular weight is 312 g/mol. The SMILES string of the molecule is CCCCCC(=O)Nc1cccc(CCCBr)c1. The highest BCUT2D eigenvalue weighted by atomic mass is 79.9. The number of nitrogens with one attached hydrogen (secondary N) is 1. The van der Waals surface area contributed by atoms with Crippen molar-refractivity contribution in [3.05, 3.63) is 29.8 Å². The maximum Gasteiger partial charge on any atom is 0.224 e. The molecule has 0 saturated heterocycles. The maximum absolute atomic E-state index is 11.7. The fourth-order valence-corrected chi connectivity index (χ4v) is 2.11. The van der Waals surface area contributed by atoms with E-state index in [4.69, 9.17) is 0 Å². The van der Waals surface area contributed by atoms with Crippen LogP contribution in [-0.2, 0) is 11.2 Å². The lowest BCUT2D eigenvalue weighted by molar-refractivity contribution is -0.116. The molecule has 0 atom stereocenters. The molecule has 0 spiro atoms. The van der Waals surface area contributed by atoms with Crippen LogP contribution in [0.5, 0.6) is 0 Å². The van der Waals surface area contributed by atoms with Crippen molar-refractivity contribution in [1.29, 1.82) is 0 Å². The molecule has 0 heterocycles. The number of amides is 1. The van der Waals surface area contributed by atoms with Crippen LogP contribution in [0.25, 0.3) is 0 Å². The lowest BCUT2D eigenvalue weighted by atomic mass is 10.1. The molecule has 2 nitrogen and oxygen atoms in total. The van der Waals surface area contributed by atoms with Crippen LogP contribution in [0.2, 0.25) is 0 Å². The van der Waals surface area contributed by atoms with Crippen molar-refractivity contribution in [2.24, 2.45) is 0 Å². The first kappa shape index (κ1) is 15.2. The first-order valence-corrected chi connectivity index (χ1v) is 7.83. The molecule has 100 valence electrons. The third kappa shape index (κ3) is 6.20. The number of halogens is 1. The number of carbonyl (C=O) groups excluding carboxylic acids is 1. The number of anilines is 1. The summed E-state index contributed by atoms with van der Waals surface area (Å²) in [5.41, 5.74) is 2.20. The fourth-order valence-electron chi connectivity index (χ4n) is 1.83. The molecule has 3 heteroatoms. The molecule has 0 aromatic heterocycles. The highest BCUT2D eigenvalue weighted by Gasteiger charge is 2.02. The van der Waals surface area contributed by atoms with Crippen molar-refractivity contribution in [2.75, 3.05) is 10.6 Å². The number of rotatable bonds is 8. The van der Waals surface area contributed by atoms with Gasteiger partial charge >= 0.3 is 0 Å². The maximum atomic E-state index is 11.7. The van der Waals surface area contributed by atoms with Crippen LogP contribution in [0, 0.1) is 0 Å². The Hall–Kier alpha value is -0.830. The van der Waals surface area contributed by atoms with E-state index in [0.717, 1.165) is 43.1 Å². The molecule has 1 N–H and O–H groups in total. The molecule has 0 saturated carbocycles. The van der Waals surface area contributed by atoms with Gasteiger partial charge in [-0.3, -0.25) is 4.79 Å². The van der Waals surface area contributed by atoms with E-state index in [-0.39, 0.29) is 5.91 Å². The van der Waals surface area contributed by atoms with Gasteiger partial charge in [-0.25, -0.2) is 0 Å². The number of hydrogen-bond donors (Lipinski definition) is 1. The average Bonchev–Trinajstić information content (AvgIpc) is 2.37. The van der Waals surface area contributed by atoms with Crippen molar-refractivity contribution < 1.29 is 4.79 Å². The third-order valence-corrected chi connectivity index (χ3v) is 3.38. The third-order valence-electron chi connectivity index (χ3n) is 2.82. The molecule has 0 aliphatic carbocycles. The molecule has 0 fully saturated rings. The largest absolute Gasteiger partial charge is 0.326 e. The van der Waals surface area contributed by atoms with Gasteiger partial charge in [-0.2, -0.15) is 0 Å². The number of aryl methyl sites for hydroxylation is 1. The topological polar surface area (TPSA) is 29.1 Å². The van der Waals surface area contributed by atoms with Gasteiger partial charge in [-0.1, -0.05) is 47.8 Å². The van der Waals surface area contributed by atoms with Crippen molar-refractivity contribution in [1.82, 2.24) is 0 Å². The molecule has 1 amide bonds. The summed E-state index contributed by atoms with van der Waals surface area (Å²) >= 11 is 3.43. The van der Waals surface area contributed by atoms with Gasteiger partial charge in [-0.15, -0.1) is 0 Å². The summed E-state index contributed by atoms with van der Waals surface area (Å²) in [6.45, 7) is 2.14. The van der Waals surface area contributed by atoms with Crippen LogP contribution in [0.15, 0.2) is 24.3 Å². The smallest absolute Gasteiger partial charge is 0.224 e. The summed E-state index contributed by atoms with van der Waals surface area (Å²) < 4.78 is 0. The summed E-state index contributed by atoms with van der Waals surface area (Å²) in [6, 6.07) is 8.14. The molecule has 1 rings (SSSR count). The first-order chi connectivity index (χ1) is 8.76. The summed E-state index contributed by atoms with van der Waals surface area (Å²) in [7, 11) is 0. The van der Waals surface area contributed by atoms with E-state index in [0.29, 0.717) is 6.42 Å². The highest BCUT2D eigenvalue weighted by molar-refractivity contribution is 9.09. The Morgan fingerprint density at radius 1 is 1.28 bits per heavy atom. The minimum absolute atomic E-state index is 0.126. The predicted molar refractivity (Wildman–Crippen MR) is 81.3 cm³/mol. The van der Waals surface area contributed by atoms with Crippen LogP contribution >= 0.6 is 15.9 Å². The number of alkyl halides is 1. The zero-order valence-corrected chi connectivity index (χ0v) is 12.6. The lowest BCUT2D eigenvalue weighted by Crippen LogP contribution is -2.11. The Kier molecular flexibility index (Phi) is 7.74. The van der Waals surface area contributed by atoms with Gasteiger partial charge in [-0.05, 0) is 37.0 Å². The van der Waals surface area contributed by atoms with Crippen LogP contribution in [0.3, 0.4) is 0 Å². The van der Waals surface area contributed by atoms with Crippen molar-refractivity contribution in [3.63, 3.8) is 0 Å². The molecule has 0 aliphatic heterocycles. The molecular weight excluding hydrogens is 290 g/mol. The number of carbonyl (C=O) groups is 1. The molecule has 0 unspecified atom stereocenters. The minimum Gasteiger partial charge on any atom is -0.326 e. The zero-order chi connectivity index (χ0) is 13.2. The van der Waals surface area contributed by atoms with E-state index >= 15 is 0 Å². The standard InChI is InChI=1S/C15H22BrNO/c1-2-3-4-10-15(18)17-14-9-5-7-13(12-14)8-6-11-16/h5,7,9,12H,2-4,6,8,10-11H2,1H3,(H,17,18). The number of hydrogen-bond acceptors (Lipinski definition) is 1. The molecule has 1 aromatic carbocycles. The second-order valence-electron chi connectivity index (χ2n) is 4.50. The quantitative estimate of drug-likeness (QED) is 0.554. The van der Waals surface area contributed by atoms with Gasteiger partial charge in [0.1, 0.15) is 0 Å². The van der Waals surface area contributed by atoms with Crippen LogP contribution in [0.1, 0.15) is 44.6 Å². The fraction of sp³-hybridized carbons (Fsp3) is 0.533. The van der Waals surface area contributed by atoms with Crippen molar-refractivity contribution >= 4 is 27.5 Å². The first-order valence-electron chi connectivity index (χ1n) is 6.71. The van der Waals surface area contributed by atoms with Gasteiger partial charge in [0.15, 0.2) is 0 Å². The summed E-state index contributed by atoms with van der Waals surface area (Å²) in [5.74, 6) is 0.126. The molecule has 1 aromatic rings. The van der Waals surface area contributed by atoms with Crippen molar-refractivity contribution in [2.45, 2.75) is 45.4 Å². The number of benzene rings is 1. The molecule has 0 aliphatic rings. The molecule has 0 bridgehead atoms. The van der Waals surface area contributed by atoms with Gasteiger partial charge in [0.05, 0.1) is 0 Å². The van der Waals surface area contributed by atoms with E-state index in [1.807, 2.05) is 12.1 Å². The number of unbranched alkanes of at least 4 members (excludes halogenated alkanes) is 2. The highest BCUT2D eigenvalue weighted by Crippen LogP contribution is 2.13. The zero-order valence-electron chi connectivity index (χ0n) is 11.0. The van der Waals surface area contributed by atoms with Crippen LogP contribution < -0.4 is 5.32 Å². The Morgan fingerprint density at radius 2 is 2.11 bits per heavy atom. The van der Waals surface area contributed by atoms with Crippen molar-refractivity contribution in [3.8, 4) is 0 Å². The van der Waals surface area contributed by atoms with Crippen LogP contribution in [-0.4, -0.2) is 11.2 Å². The van der Waals surface area contributed by atoms with Gasteiger partial charge in [0.2, 0.25) is 5.91 Å². The Morgan fingerprint density at radius 3 is 2.83 bits per heavy atom. The van der Waals surface area contributed by atoms with Crippen LogP contribution in [0.4, 0.5) is 5.69 Å². The van der Waals surface area contributed by atoms with Gasteiger partial charge in [0.25, 0.3) is 0 Å². The summed E-state index contributed by atoms with van der Waals surface area (Å²) in [4.78, 5) is 11.7. The van der Waals surface area contributed by atoms with E-state index in [1.165, 1.54) is 5.56 Å². The second-order valence-corrected chi connectivity index (χ2v) is 5.29. The second kappa shape index (κ2) is 9.15. The molecular formula is C15H22BrNO. The normalized spacial score (nSPS) is 10.3. The van der Waals surface area contributed by atoms with E-state index in [2.05, 4.69) is 40.3 Å². The van der Waals surface area contributed by atoms with Gasteiger partial charge in [0, 0.05) is 17.4 Å². The predicted octanol–water partition coefficient (Wildman–Crippen LogP) is 4.53. The van der Waals surface area contributed by atoms with E-state index in [1.54, 1.807) is 0 Å². The Labute approximate surface area is 118 Å². The van der Waals surface area contributed by atoms with Gasteiger partial charge < -0.3 is 5.32 Å². The summed E-state index contributed by atoms with van der Waals surface area (Å²) in [6.07, 6.45) is 6.04. The summed E-state index contributed by atoms with van der Waals surface area (Å²) in [5, 5.41) is 3.98.